The van der Waals surface area contributed by atoms with E-state index in [1.165, 1.54) is 6.42 Å². The molecule has 1 aromatic rings. The topological polar surface area (TPSA) is 37.3 Å². The number of halogens is 4. The molecule has 1 aliphatic carbocycles. The summed E-state index contributed by atoms with van der Waals surface area (Å²) < 4.78 is 39.6. The molecule has 0 bridgehead atoms. The Hall–Kier alpha value is -1.23. The summed E-state index contributed by atoms with van der Waals surface area (Å²) in [5.74, 6) is -5.01. The van der Waals surface area contributed by atoms with E-state index in [9.17, 15) is 23.1 Å². The van der Waals surface area contributed by atoms with Gasteiger partial charge in [0.2, 0.25) is 0 Å². The Balaban J connectivity index is 0.00000288. The van der Waals surface area contributed by atoms with Gasteiger partial charge in [0.15, 0.2) is 17.5 Å². The molecule has 1 fully saturated rings. The first-order valence-corrected chi connectivity index (χ1v) is 8.28. The summed E-state index contributed by atoms with van der Waals surface area (Å²) in [5, 5.41) is 9.49. The van der Waals surface area contributed by atoms with E-state index < -0.39 is 29.3 Å². The van der Waals surface area contributed by atoms with Crippen LogP contribution in [-0.2, 0) is 11.2 Å². The molecule has 1 aliphatic rings. The molecule has 0 amide bonds. The lowest BCUT2D eigenvalue weighted by Crippen LogP contribution is -2.29. The molecule has 1 aromatic carbocycles. The highest BCUT2D eigenvalue weighted by atomic mass is 35.5. The fourth-order valence-corrected chi connectivity index (χ4v) is 3.72. The lowest BCUT2D eigenvalue weighted by molar-refractivity contribution is -0.144. The van der Waals surface area contributed by atoms with E-state index in [1.807, 2.05) is 0 Å². The molecule has 2 nitrogen and oxygen atoms in total. The van der Waals surface area contributed by atoms with Crippen LogP contribution in [0.4, 0.5) is 13.2 Å². The molecule has 0 spiro atoms. The molecule has 0 radical (unpaired) electrons. The second kappa shape index (κ2) is 9.30. The first-order valence-electron chi connectivity index (χ1n) is 8.28. The van der Waals surface area contributed by atoms with E-state index in [4.69, 9.17) is 0 Å². The zero-order valence-electron chi connectivity index (χ0n) is 13.7. The smallest absolute Gasteiger partial charge is 0.307 e. The van der Waals surface area contributed by atoms with Gasteiger partial charge in [0, 0.05) is 0 Å². The van der Waals surface area contributed by atoms with Crippen molar-refractivity contribution in [2.75, 3.05) is 0 Å². The lowest BCUT2D eigenvalue weighted by atomic mass is 9.73. The zero-order chi connectivity index (χ0) is 17.0. The van der Waals surface area contributed by atoms with Crippen LogP contribution < -0.4 is 0 Å². The molecular weight excluding hydrogens is 341 g/mol. The van der Waals surface area contributed by atoms with E-state index in [0.29, 0.717) is 5.92 Å². The second-order valence-electron chi connectivity index (χ2n) is 6.59. The van der Waals surface area contributed by atoms with Crippen LogP contribution >= 0.6 is 12.4 Å². The lowest BCUT2D eigenvalue weighted by Gasteiger charge is -2.32. The fourth-order valence-electron chi connectivity index (χ4n) is 3.72. The molecule has 24 heavy (non-hydrogen) atoms. The van der Waals surface area contributed by atoms with Crippen LogP contribution in [0, 0.1) is 35.2 Å². The highest BCUT2D eigenvalue weighted by Crippen LogP contribution is 2.37. The number of hydrogen-bond acceptors (Lipinski definition) is 1. The first kappa shape index (κ1) is 20.8. The zero-order valence-corrected chi connectivity index (χ0v) is 14.6. The number of hydrogen-bond donors (Lipinski definition) is 1. The summed E-state index contributed by atoms with van der Waals surface area (Å²) in [4.78, 5) is 11.6. The molecule has 2 rings (SSSR count). The number of aliphatic carboxylic acids is 1. The normalized spacial score (nSPS) is 21.8. The molecule has 0 aromatic heterocycles. The summed E-state index contributed by atoms with van der Waals surface area (Å²) in [7, 11) is 0. The van der Waals surface area contributed by atoms with E-state index in [0.717, 1.165) is 44.2 Å². The Morgan fingerprint density at radius 2 is 1.71 bits per heavy atom. The fraction of sp³-hybridized carbons (Fsp3) is 0.611. The van der Waals surface area contributed by atoms with Gasteiger partial charge < -0.3 is 5.11 Å². The van der Waals surface area contributed by atoms with Crippen LogP contribution in [0.3, 0.4) is 0 Å². The van der Waals surface area contributed by atoms with E-state index in [1.54, 1.807) is 0 Å². The minimum absolute atomic E-state index is 0. The van der Waals surface area contributed by atoms with Gasteiger partial charge in [-0.25, -0.2) is 13.2 Å². The van der Waals surface area contributed by atoms with Crippen molar-refractivity contribution in [2.24, 2.45) is 17.8 Å². The maximum atomic E-state index is 13.3. The van der Waals surface area contributed by atoms with Crippen molar-refractivity contribution < 1.29 is 23.1 Å². The van der Waals surface area contributed by atoms with Gasteiger partial charge in [-0.3, -0.25) is 4.79 Å². The summed E-state index contributed by atoms with van der Waals surface area (Å²) in [6.07, 6.45) is 6.00. The Morgan fingerprint density at radius 1 is 1.17 bits per heavy atom. The first-order chi connectivity index (χ1) is 10.9. The molecule has 1 N–H and O–H groups in total. The quantitative estimate of drug-likeness (QED) is 0.688. The molecule has 0 aliphatic heterocycles. The third-order valence-corrected chi connectivity index (χ3v) is 4.97. The van der Waals surface area contributed by atoms with Crippen molar-refractivity contribution in [1.82, 2.24) is 0 Å². The summed E-state index contributed by atoms with van der Waals surface area (Å²) in [6, 6.07) is 1.80. The number of carboxylic acids is 1. The minimum atomic E-state index is -1.51. The van der Waals surface area contributed by atoms with Gasteiger partial charge >= 0.3 is 5.97 Å². The number of benzene rings is 1. The van der Waals surface area contributed by atoms with E-state index in [2.05, 4.69) is 6.92 Å². The second-order valence-corrected chi connectivity index (χ2v) is 6.59. The Labute approximate surface area is 146 Å². The van der Waals surface area contributed by atoms with Gasteiger partial charge in [0.05, 0.1) is 5.92 Å². The summed E-state index contributed by atoms with van der Waals surface area (Å²) in [5.41, 5.74) is 0.199. The summed E-state index contributed by atoms with van der Waals surface area (Å²) in [6.45, 7) is 2.14. The average Bonchev–Trinajstić information content (AvgIpc) is 2.51. The van der Waals surface area contributed by atoms with Gasteiger partial charge in [-0.15, -0.1) is 12.4 Å². The van der Waals surface area contributed by atoms with Gasteiger partial charge in [0.1, 0.15) is 0 Å². The van der Waals surface area contributed by atoms with Crippen molar-refractivity contribution in [3.8, 4) is 0 Å². The van der Waals surface area contributed by atoms with Crippen molar-refractivity contribution >= 4 is 18.4 Å². The Morgan fingerprint density at radius 3 is 2.17 bits per heavy atom. The van der Waals surface area contributed by atoms with Gasteiger partial charge in [-0.1, -0.05) is 32.6 Å². The monoisotopic (exact) mass is 364 g/mol. The molecule has 6 heteroatoms. The number of carbonyl (C=O) groups is 1. The largest absolute Gasteiger partial charge is 0.481 e. The minimum Gasteiger partial charge on any atom is -0.481 e. The van der Waals surface area contributed by atoms with Gasteiger partial charge in [-0.2, -0.15) is 0 Å². The van der Waals surface area contributed by atoms with E-state index in [-0.39, 0.29) is 30.3 Å². The predicted octanol–water partition coefficient (Wildman–Crippen LogP) is 5.38. The SMILES string of the molecule is CCCC1CCC(C(Cc2cc(F)c(F)c(F)c2)C(=O)O)CC1.Cl. The molecular formula is C18H24ClF3O2. The molecule has 1 saturated carbocycles. The highest BCUT2D eigenvalue weighted by Gasteiger charge is 2.32. The van der Waals surface area contributed by atoms with Crippen LogP contribution in [0.5, 0.6) is 0 Å². The summed E-state index contributed by atoms with van der Waals surface area (Å²) >= 11 is 0. The highest BCUT2D eigenvalue weighted by molar-refractivity contribution is 5.85. The van der Waals surface area contributed by atoms with Gasteiger partial charge in [0.25, 0.3) is 0 Å². The molecule has 0 heterocycles. The van der Waals surface area contributed by atoms with Crippen molar-refractivity contribution in [3.05, 3.63) is 35.1 Å². The van der Waals surface area contributed by atoms with Crippen LogP contribution in [-0.4, -0.2) is 11.1 Å². The van der Waals surface area contributed by atoms with Crippen LogP contribution in [0.2, 0.25) is 0 Å². The number of carboxylic acid groups (broad SMARTS) is 1. The van der Waals surface area contributed by atoms with E-state index >= 15 is 0 Å². The standard InChI is InChI=1S/C18H23F3O2.ClH/c1-2-3-11-4-6-13(7-5-11)14(18(22)23)8-12-9-15(19)17(21)16(20)10-12;/h9-11,13-14H,2-8H2,1H3,(H,22,23);1H. The maximum Gasteiger partial charge on any atom is 0.307 e. The molecule has 136 valence electrons. The molecule has 1 atom stereocenters. The van der Waals surface area contributed by atoms with Crippen LogP contribution in [0.1, 0.15) is 51.0 Å². The van der Waals surface area contributed by atoms with Crippen LogP contribution in [0.25, 0.3) is 0 Å². The predicted molar refractivity (Wildman–Crippen MR) is 88.7 cm³/mol. The van der Waals surface area contributed by atoms with Crippen molar-refractivity contribution in [3.63, 3.8) is 0 Å². The molecule has 1 unspecified atom stereocenters. The third kappa shape index (κ3) is 5.13. The number of rotatable bonds is 6. The Bertz CT molecular complexity index is 534. The average molecular weight is 365 g/mol. The van der Waals surface area contributed by atoms with Gasteiger partial charge in [-0.05, 0) is 48.8 Å². The Kier molecular flexibility index (Phi) is 8.07. The van der Waals surface area contributed by atoms with Crippen molar-refractivity contribution in [1.29, 1.82) is 0 Å². The maximum absolute atomic E-state index is 13.3. The molecule has 0 saturated heterocycles. The van der Waals surface area contributed by atoms with Crippen molar-refractivity contribution in [2.45, 2.75) is 51.9 Å². The van der Waals surface area contributed by atoms with Crippen LogP contribution in [0.15, 0.2) is 12.1 Å². The third-order valence-electron chi connectivity index (χ3n) is 4.97.